The van der Waals surface area contributed by atoms with Crippen molar-refractivity contribution in [2.45, 2.75) is 13.8 Å². The van der Waals surface area contributed by atoms with E-state index >= 15 is 0 Å². The average Bonchev–Trinajstić information content (AvgIpc) is 2.53. The normalized spacial score (nSPS) is 18.9. The van der Waals surface area contributed by atoms with Crippen LogP contribution in [0.25, 0.3) is 0 Å². The van der Waals surface area contributed by atoms with Gasteiger partial charge >= 0.3 is 5.97 Å². The molecule has 1 aliphatic rings. The molecule has 98 valence electrons. The minimum Gasteiger partial charge on any atom is -0.462 e. The van der Waals surface area contributed by atoms with Crippen LogP contribution in [0, 0.1) is 11.3 Å². The maximum Gasteiger partial charge on any atom is 0.348 e. The van der Waals surface area contributed by atoms with Crippen molar-refractivity contribution in [1.82, 2.24) is 4.90 Å². The second-order valence-corrected chi connectivity index (χ2v) is 4.70. The molecule has 0 aromatic rings. The van der Waals surface area contributed by atoms with E-state index in [4.69, 9.17) is 10.00 Å². The Kier molecular flexibility index (Phi) is 5.72. The van der Waals surface area contributed by atoms with Gasteiger partial charge in [0, 0.05) is 18.8 Å². The highest BCUT2D eigenvalue weighted by atomic mass is 32.2. The Bertz CT molecular complexity index is 412. The van der Waals surface area contributed by atoms with Gasteiger partial charge in [-0.2, -0.15) is 5.26 Å². The lowest BCUT2D eigenvalue weighted by Crippen LogP contribution is -2.32. The first-order chi connectivity index (χ1) is 8.63. The zero-order chi connectivity index (χ0) is 13.5. The molecule has 1 rings (SSSR count). The molecule has 0 spiro atoms. The third-order valence-electron chi connectivity index (χ3n) is 2.56. The minimum absolute atomic E-state index is 0.0394. The smallest absolute Gasteiger partial charge is 0.348 e. The van der Waals surface area contributed by atoms with Gasteiger partial charge in [-0.3, -0.25) is 4.79 Å². The van der Waals surface area contributed by atoms with E-state index < -0.39 is 5.97 Å². The highest BCUT2D eigenvalue weighted by molar-refractivity contribution is 8.00. The van der Waals surface area contributed by atoms with Crippen LogP contribution in [-0.2, 0) is 14.3 Å². The largest absolute Gasteiger partial charge is 0.462 e. The number of likely N-dealkylation sites (N-methyl/N-ethyl adjacent to an activating group) is 1. The van der Waals surface area contributed by atoms with Crippen LogP contribution in [0.3, 0.4) is 0 Å². The van der Waals surface area contributed by atoms with E-state index in [9.17, 15) is 9.59 Å². The summed E-state index contributed by atoms with van der Waals surface area (Å²) in [6.45, 7) is 4.72. The van der Waals surface area contributed by atoms with Gasteiger partial charge in [-0.1, -0.05) is 0 Å². The number of ether oxygens (including phenoxy) is 1. The number of rotatable bonds is 3. The standard InChI is InChI=1S/C12H16N2O3S/c1-3-14-6-9(7-18-8-11(14)15)10(5-13)12(16)17-4-2/h3-4,6-8H2,1-2H3. The lowest BCUT2D eigenvalue weighted by Gasteiger charge is -2.19. The van der Waals surface area contributed by atoms with Gasteiger partial charge in [-0.15, -0.1) is 11.8 Å². The second kappa shape index (κ2) is 7.07. The van der Waals surface area contributed by atoms with E-state index in [1.165, 1.54) is 11.8 Å². The van der Waals surface area contributed by atoms with Crippen LogP contribution in [0.5, 0.6) is 0 Å². The van der Waals surface area contributed by atoms with E-state index in [2.05, 4.69) is 0 Å². The molecule has 0 atom stereocenters. The number of nitriles is 1. The predicted octanol–water partition coefficient (Wildman–Crippen LogP) is 0.965. The molecule has 0 bridgehead atoms. The first kappa shape index (κ1) is 14.6. The molecule has 1 saturated heterocycles. The van der Waals surface area contributed by atoms with Crippen LogP contribution >= 0.6 is 11.8 Å². The van der Waals surface area contributed by atoms with Gasteiger partial charge in [-0.05, 0) is 19.4 Å². The number of hydrogen-bond donors (Lipinski definition) is 0. The summed E-state index contributed by atoms with van der Waals surface area (Å²) in [5.41, 5.74) is 0.714. The fourth-order valence-corrected chi connectivity index (χ4v) is 2.57. The molecule has 0 saturated carbocycles. The van der Waals surface area contributed by atoms with Gasteiger partial charge in [0.05, 0.1) is 12.4 Å². The number of carbonyl (C=O) groups excluding carboxylic acids is 2. The van der Waals surface area contributed by atoms with Crippen LogP contribution in [-0.4, -0.2) is 48.0 Å². The summed E-state index contributed by atoms with van der Waals surface area (Å²) >= 11 is 1.42. The molecule has 18 heavy (non-hydrogen) atoms. The van der Waals surface area contributed by atoms with Crippen LogP contribution in [0.4, 0.5) is 0 Å². The molecule has 0 unspecified atom stereocenters. The molecule has 0 aromatic carbocycles. The van der Waals surface area contributed by atoms with Crippen molar-refractivity contribution >= 4 is 23.6 Å². The van der Waals surface area contributed by atoms with Crippen molar-refractivity contribution in [3.05, 3.63) is 11.1 Å². The summed E-state index contributed by atoms with van der Waals surface area (Å²) in [4.78, 5) is 25.0. The summed E-state index contributed by atoms with van der Waals surface area (Å²) in [5, 5.41) is 9.07. The Morgan fingerprint density at radius 2 is 2.22 bits per heavy atom. The topological polar surface area (TPSA) is 70.4 Å². The number of esters is 1. The maximum atomic E-state index is 11.7. The highest BCUT2D eigenvalue weighted by Crippen LogP contribution is 2.19. The number of thioether (sulfide) groups is 1. The first-order valence-electron chi connectivity index (χ1n) is 5.78. The van der Waals surface area contributed by atoms with Crippen LogP contribution < -0.4 is 0 Å². The molecule has 0 aliphatic carbocycles. The molecule has 1 aliphatic heterocycles. The van der Waals surface area contributed by atoms with Gasteiger partial charge in [0.1, 0.15) is 11.6 Å². The monoisotopic (exact) mass is 268 g/mol. The van der Waals surface area contributed by atoms with Crippen molar-refractivity contribution in [3.63, 3.8) is 0 Å². The Hall–Kier alpha value is -1.48. The first-order valence-corrected chi connectivity index (χ1v) is 6.94. The van der Waals surface area contributed by atoms with E-state index in [1.54, 1.807) is 11.8 Å². The third kappa shape index (κ3) is 3.50. The molecule has 1 heterocycles. The Morgan fingerprint density at radius 3 is 2.78 bits per heavy atom. The van der Waals surface area contributed by atoms with E-state index in [0.29, 0.717) is 30.2 Å². The molecular weight excluding hydrogens is 252 g/mol. The maximum absolute atomic E-state index is 11.7. The average molecular weight is 268 g/mol. The number of nitrogens with zero attached hydrogens (tertiary/aromatic N) is 2. The summed E-state index contributed by atoms with van der Waals surface area (Å²) in [6.07, 6.45) is 0. The lowest BCUT2D eigenvalue weighted by molar-refractivity contribution is -0.138. The molecule has 0 radical (unpaired) electrons. The van der Waals surface area contributed by atoms with E-state index in [-0.39, 0.29) is 18.1 Å². The Labute approximate surface area is 111 Å². The van der Waals surface area contributed by atoms with Crippen LogP contribution in [0.1, 0.15) is 13.8 Å². The van der Waals surface area contributed by atoms with E-state index in [0.717, 1.165) is 0 Å². The fraction of sp³-hybridized carbons (Fsp3) is 0.583. The molecule has 1 fully saturated rings. The fourth-order valence-electron chi connectivity index (χ4n) is 1.63. The zero-order valence-electron chi connectivity index (χ0n) is 10.6. The van der Waals surface area contributed by atoms with Crippen molar-refractivity contribution < 1.29 is 14.3 Å². The highest BCUT2D eigenvalue weighted by Gasteiger charge is 2.23. The van der Waals surface area contributed by atoms with Crippen molar-refractivity contribution in [2.24, 2.45) is 0 Å². The summed E-state index contributed by atoms with van der Waals surface area (Å²) in [6, 6.07) is 1.90. The van der Waals surface area contributed by atoms with Crippen molar-refractivity contribution in [3.8, 4) is 6.07 Å². The quantitative estimate of drug-likeness (QED) is 0.433. The van der Waals surface area contributed by atoms with Gasteiger partial charge in [0.25, 0.3) is 0 Å². The zero-order valence-corrected chi connectivity index (χ0v) is 11.4. The SMILES string of the molecule is CCOC(=O)C(C#N)=C1CSCC(=O)N(CC)C1. The second-order valence-electron chi connectivity index (χ2n) is 3.71. The van der Waals surface area contributed by atoms with E-state index in [1.807, 2.05) is 13.0 Å². The van der Waals surface area contributed by atoms with Gasteiger partial charge in [-0.25, -0.2) is 4.79 Å². The number of carbonyl (C=O) groups is 2. The molecule has 6 heteroatoms. The molecule has 1 amide bonds. The summed E-state index contributed by atoms with van der Waals surface area (Å²) < 4.78 is 4.85. The molecule has 0 N–H and O–H groups in total. The number of amides is 1. The van der Waals surface area contributed by atoms with Crippen LogP contribution in [0.15, 0.2) is 11.1 Å². The lowest BCUT2D eigenvalue weighted by atomic mass is 10.1. The molecular formula is C12H16N2O3S. The summed E-state index contributed by atoms with van der Waals surface area (Å²) in [7, 11) is 0. The minimum atomic E-state index is -0.596. The molecule has 5 nitrogen and oxygen atoms in total. The molecule has 0 aromatic heterocycles. The Morgan fingerprint density at radius 1 is 1.50 bits per heavy atom. The van der Waals surface area contributed by atoms with Crippen molar-refractivity contribution in [1.29, 1.82) is 5.26 Å². The predicted molar refractivity (Wildman–Crippen MR) is 68.9 cm³/mol. The van der Waals surface area contributed by atoms with Crippen molar-refractivity contribution in [2.75, 3.05) is 31.2 Å². The number of hydrogen-bond acceptors (Lipinski definition) is 5. The van der Waals surface area contributed by atoms with Gasteiger partial charge in [0.2, 0.25) is 5.91 Å². The van der Waals surface area contributed by atoms with Gasteiger partial charge in [0.15, 0.2) is 0 Å². The Balaban J connectivity index is 2.99. The van der Waals surface area contributed by atoms with Crippen LogP contribution in [0.2, 0.25) is 0 Å². The third-order valence-corrected chi connectivity index (χ3v) is 3.57. The summed E-state index contributed by atoms with van der Waals surface area (Å²) in [5.74, 6) is 0.350. The van der Waals surface area contributed by atoms with Gasteiger partial charge < -0.3 is 9.64 Å².